The molecule has 1 aliphatic carbocycles. The summed E-state index contributed by atoms with van der Waals surface area (Å²) >= 11 is 0. The van der Waals surface area contributed by atoms with Gasteiger partial charge in [-0.05, 0) is 43.2 Å². The largest absolute Gasteiger partial charge is 0.472 e. The molecule has 90 valence electrons. The van der Waals surface area contributed by atoms with Crippen molar-refractivity contribution in [2.45, 2.75) is 44.6 Å². The molecule has 0 aromatic carbocycles. The number of hydrogen-bond donors (Lipinski definition) is 2. The molecule has 1 fully saturated rings. The SMILES string of the molecule is C[C@]1(CCCO)C(O)CC[C@@H]1c1ccoc1. The van der Waals surface area contributed by atoms with Gasteiger partial charge < -0.3 is 14.6 Å². The highest BCUT2D eigenvalue weighted by Gasteiger charge is 2.46. The Morgan fingerprint density at radius 1 is 1.50 bits per heavy atom. The zero-order valence-corrected chi connectivity index (χ0v) is 9.72. The van der Waals surface area contributed by atoms with Gasteiger partial charge in [0.15, 0.2) is 0 Å². The van der Waals surface area contributed by atoms with E-state index in [1.165, 1.54) is 5.56 Å². The summed E-state index contributed by atoms with van der Waals surface area (Å²) in [5.74, 6) is 0.354. The molecule has 3 nitrogen and oxygen atoms in total. The van der Waals surface area contributed by atoms with Crippen molar-refractivity contribution < 1.29 is 14.6 Å². The van der Waals surface area contributed by atoms with Crippen molar-refractivity contribution in [3.05, 3.63) is 24.2 Å². The van der Waals surface area contributed by atoms with Crippen LogP contribution in [0.2, 0.25) is 0 Å². The van der Waals surface area contributed by atoms with Gasteiger partial charge in [0.2, 0.25) is 0 Å². The number of hydrogen-bond acceptors (Lipinski definition) is 3. The van der Waals surface area contributed by atoms with Crippen LogP contribution in [0.5, 0.6) is 0 Å². The van der Waals surface area contributed by atoms with Gasteiger partial charge in [-0.1, -0.05) is 6.92 Å². The smallest absolute Gasteiger partial charge is 0.0937 e. The second-order valence-electron chi connectivity index (χ2n) is 5.04. The molecule has 1 heterocycles. The van der Waals surface area contributed by atoms with Gasteiger partial charge in [0, 0.05) is 12.0 Å². The maximum absolute atomic E-state index is 10.1. The Morgan fingerprint density at radius 3 is 2.94 bits per heavy atom. The van der Waals surface area contributed by atoms with Gasteiger partial charge >= 0.3 is 0 Å². The van der Waals surface area contributed by atoms with Crippen LogP contribution in [0.25, 0.3) is 0 Å². The van der Waals surface area contributed by atoms with E-state index in [-0.39, 0.29) is 18.1 Å². The van der Waals surface area contributed by atoms with Gasteiger partial charge in [-0.3, -0.25) is 0 Å². The maximum atomic E-state index is 10.1. The molecule has 2 rings (SSSR count). The Labute approximate surface area is 96.1 Å². The first-order valence-electron chi connectivity index (χ1n) is 5.99. The Balaban J connectivity index is 2.18. The average molecular weight is 224 g/mol. The second-order valence-corrected chi connectivity index (χ2v) is 5.04. The summed E-state index contributed by atoms with van der Waals surface area (Å²) in [6, 6.07) is 1.99. The number of aliphatic hydroxyl groups excluding tert-OH is 2. The van der Waals surface area contributed by atoms with E-state index in [1.54, 1.807) is 12.5 Å². The fourth-order valence-corrected chi connectivity index (χ4v) is 3.04. The lowest BCUT2D eigenvalue weighted by Crippen LogP contribution is -2.31. The van der Waals surface area contributed by atoms with E-state index in [2.05, 4.69) is 6.92 Å². The molecule has 0 aliphatic heterocycles. The molecule has 0 amide bonds. The van der Waals surface area contributed by atoms with E-state index in [0.717, 1.165) is 25.7 Å². The minimum atomic E-state index is -0.265. The van der Waals surface area contributed by atoms with Gasteiger partial charge in [0.1, 0.15) is 0 Å². The van der Waals surface area contributed by atoms with Crippen LogP contribution in [0.15, 0.2) is 23.0 Å². The lowest BCUT2D eigenvalue weighted by molar-refractivity contribution is 0.0443. The summed E-state index contributed by atoms with van der Waals surface area (Å²) in [5, 5.41) is 19.1. The van der Waals surface area contributed by atoms with Crippen LogP contribution >= 0.6 is 0 Å². The van der Waals surface area contributed by atoms with Gasteiger partial charge in [0.25, 0.3) is 0 Å². The average Bonchev–Trinajstić information content (AvgIpc) is 2.87. The molecule has 0 saturated heterocycles. The lowest BCUT2D eigenvalue weighted by Gasteiger charge is -2.34. The number of furan rings is 1. The van der Waals surface area contributed by atoms with Crippen LogP contribution < -0.4 is 0 Å². The van der Waals surface area contributed by atoms with Gasteiger partial charge in [-0.15, -0.1) is 0 Å². The standard InChI is InChI=1S/C13H20O3/c1-13(6-2-7-14)11(3-4-12(13)15)10-5-8-16-9-10/h5,8-9,11-12,14-15H,2-4,6-7H2,1H3/t11-,12?,13-/m1/s1. The highest BCUT2D eigenvalue weighted by Crippen LogP contribution is 2.52. The molecule has 1 aromatic heterocycles. The third kappa shape index (κ3) is 1.89. The summed E-state index contributed by atoms with van der Waals surface area (Å²) < 4.78 is 5.13. The van der Waals surface area contributed by atoms with Crippen LogP contribution in [0.3, 0.4) is 0 Å². The molecule has 16 heavy (non-hydrogen) atoms. The van der Waals surface area contributed by atoms with E-state index >= 15 is 0 Å². The molecule has 0 bridgehead atoms. The molecule has 2 N–H and O–H groups in total. The van der Waals surface area contributed by atoms with E-state index in [4.69, 9.17) is 9.52 Å². The third-order valence-electron chi connectivity index (χ3n) is 4.11. The first-order chi connectivity index (χ1) is 7.68. The van der Waals surface area contributed by atoms with Crippen molar-refractivity contribution >= 4 is 0 Å². The molecule has 0 radical (unpaired) electrons. The lowest BCUT2D eigenvalue weighted by atomic mass is 9.72. The van der Waals surface area contributed by atoms with E-state index in [9.17, 15) is 5.11 Å². The van der Waals surface area contributed by atoms with Crippen LogP contribution in [-0.2, 0) is 0 Å². The Bertz CT molecular complexity index is 320. The summed E-state index contributed by atoms with van der Waals surface area (Å²) in [6.07, 6.45) is 6.66. The molecule has 3 heteroatoms. The van der Waals surface area contributed by atoms with E-state index < -0.39 is 0 Å². The molecular formula is C13H20O3. The Kier molecular flexibility index (Phi) is 3.36. The fraction of sp³-hybridized carbons (Fsp3) is 0.692. The Morgan fingerprint density at radius 2 is 2.31 bits per heavy atom. The molecule has 1 saturated carbocycles. The third-order valence-corrected chi connectivity index (χ3v) is 4.11. The van der Waals surface area contributed by atoms with Gasteiger partial charge in [-0.2, -0.15) is 0 Å². The van der Waals surface area contributed by atoms with Crippen molar-refractivity contribution in [2.24, 2.45) is 5.41 Å². The van der Waals surface area contributed by atoms with Crippen molar-refractivity contribution in [2.75, 3.05) is 6.61 Å². The highest BCUT2D eigenvalue weighted by molar-refractivity contribution is 5.20. The van der Waals surface area contributed by atoms with Crippen LogP contribution in [0, 0.1) is 5.41 Å². The van der Waals surface area contributed by atoms with Crippen molar-refractivity contribution in [3.8, 4) is 0 Å². The summed E-state index contributed by atoms with van der Waals surface area (Å²) in [4.78, 5) is 0. The van der Waals surface area contributed by atoms with Gasteiger partial charge in [-0.25, -0.2) is 0 Å². The summed E-state index contributed by atoms with van der Waals surface area (Å²) in [6.45, 7) is 2.32. The normalized spacial score (nSPS) is 34.4. The minimum Gasteiger partial charge on any atom is -0.472 e. The minimum absolute atomic E-state index is 0.118. The molecular weight excluding hydrogens is 204 g/mol. The first kappa shape index (κ1) is 11.7. The predicted molar refractivity (Wildman–Crippen MR) is 61.1 cm³/mol. The molecule has 0 spiro atoms. The maximum Gasteiger partial charge on any atom is 0.0937 e. The topological polar surface area (TPSA) is 53.6 Å². The van der Waals surface area contributed by atoms with Crippen LogP contribution in [-0.4, -0.2) is 22.9 Å². The number of aliphatic hydroxyl groups is 2. The van der Waals surface area contributed by atoms with E-state index in [0.29, 0.717) is 5.92 Å². The van der Waals surface area contributed by atoms with Crippen molar-refractivity contribution in [1.82, 2.24) is 0 Å². The highest BCUT2D eigenvalue weighted by atomic mass is 16.3. The zero-order valence-electron chi connectivity index (χ0n) is 9.72. The van der Waals surface area contributed by atoms with Crippen LogP contribution in [0.4, 0.5) is 0 Å². The molecule has 1 unspecified atom stereocenters. The first-order valence-corrected chi connectivity index (χ1v) is 5.99. The number of rotatable bonds is 4. The quantitative estimate of drug-likeness (QED) is 0.825. The van der Waals surface area contributed by atoms with E-state index in [1.807, 2.05) is 6.07 Å². The van der Waals surface area contributed by atoms with Crippen LogP contribution in [0.1, 0.15) is 44.1 Å². The van der Waals surface area contributed by atoms with Gasteiger partial charge in [0.05, 0.1) is 18.6 Å². The Hall–Kier alpha value is -0.800. The second kappa shape index (κ2) is 4.60. The fourth-order valence-electron chi connectivity index (χ4n) is 3.04. The molecule has 3 atom stereocenters. The summed E-state index contributed by atoms with van der Waals surface area (Å²) in [5.41, 5.74) is 1.06. The van der Waals surface area contributed by atoms with Crippen molar-refractivity contribution in [1.29, 1.82) is 0 Å². The summed E-state index contributed by atoms with van der Waals surface area (Å²) in [7, 11) is 0. The molecule has 1 aromatic rings. The molecule has 1 aliphatic rings. The van der Waals surface area contributed by atoms with Crippen molar-refractivity contribution in [3.63, 3.8) is 0 Å². The zero-order chi connectivity index (χ0) is 11.6. The predicted octanol–water partition coefficient (Wildman–Crippen LogP) is 2.30. The monoisotopic (exact) mass is 224 g/mol.